The first-order chi connectivity index (χ1) is 6.56. The van der Waals surface area contributed by atoms with E-state index in [1.165, 1.54) is 12.1 Å². The SMILES string of the molecule is O=C(CBr)C(=O)c1cc(Br)ccc1F. The number of alkyl halides is 1. The first-order valence-corrected chi connectivity index (χ1v) is 5.56. The Balaban J connectivity index is 3.12. The highest BCUT2D eigenvalue weighted by atomic mass is 79.9. The van der Waals surface area contributed by atoms with Crippen molar-refractivity contribution in [2.24, 2.45) is 0 Å². The van der Waals surface area contributed by atoms with Crippen LogP contribution in [0, 0.1) is 5.82 Å². The number of rotatable bonds is 3. The van der Waals surface area contributed by atoms with Gasteiger partial charge in [-0.25, -0.2) is 4.39 Å². The predicted molar refractivity (Wildman–Crippen MR) is 57.2 cm³/mol. The van der Waals surface area contributed by atoms with Crippen LogP contribution in [0.4, 0.5) is 4.39 Å². The first kappa shape index (κ1) is 11.5. The molecule has 1 rings (SSSR count). The van der Waals surface area contributed by atoms with Gasteiger partial charge in [-0.15, -0.1) is 0 Å². The lowest BCUT2D eigenvalue weighted by Gasteiger charge is -2.00. The maximum Gasteiger partial charge on any atom is 0.232 e. The van der Waals surface area contributed by atoms with E-state index < -0.39 is 17.4 Å². The molecule has 0 amide bonds. The second kappa shape index (κ2) is 4.79. The molecule has 0 aliphatic carbocycles. The number of hydrogen-bond donors (Lipinski definition) is 0. The number of carbonyl (C=O) groups excluding carboxylic acids is 2. The van der Waals surface area contributed by atoms with Crippen molar-refractivity contribution in [2.45, 2.75) is 0 Å². The quantitative estimate of drug-likeness (QED) is 0.487. The van der Waals surface area contributed by atoms with Gasteiger partial charge in [-0.3, -0.25) is 9.59 Å². The van der Waals surface area contributed by atoms with Gasteiger partial charge in [0, 0.05) is 4.47 Å². The van der Waals surface area contributed by atoms with Crippen LogP contribution in [-0.4, -0.2) is 16.9 Å². The Hall–Kier alpha value is -0.550. The first-order valence-electron chi connectivity index (χ1n) is 3.65. The highest BCUT2D eigenvalue weighted by molar-refractivity contribution is 9.10. The molecule has 14 heavy (non-hydrogen) atoms. The molecule has 0 aliphatic rings. The number of carbonyl (C=O) groups is 2. The second-order valence-electron chi connectivity index (χ2n) is 2.51. The Morgan fingerprint density at radius 2 is 2.00 bits per heavy atom. The summed E-state index contributed by atoms with van der Waals surface area (Å²) in [5.74, 6) is -2.17. The maximum atomic E-state index is 13.1. The van der Waals surface area contributed by atoms with Crippen molar-refractivity contribution in [3.8, 4) is 0 Å². The highest BCUT2D eigenvalue weighted by Gasteiger charge is 2.18. The monoisotopic (exact) mass is 322 g/mol. The molecular weight excluding hydrogens is 319 g/mol. The van der Waals surface area contributed by atoms with E-state index in [-0.39, 0.29) is 10.9 Å². The fourth-order valence-corrected chi connectivity index (χ4v) is 1.50. The summed E-state index contributed by atoms with van der Waals surface area (Å²) in [7, 11) is 0. The van der Waals surface area contributed by atoms with Crippen LogP contribution < -0.4 is 0 Å². The summed E-state index contributed by atoms with van der Waals surface area (Å²) in [6, 6.07) is 3.89. The average Bonchev–Trinajstić information content (AvgIpc) is 2.19. The van der Waals surface area contributed by atoms with Gasteiger partial charge in [-0.2, -0.15) is 0 Å². The smallest absolute Gasteiger partial charge is 0.232 e. The summed E-state index contributed by atoms with van der Waals surface area (Å²) in [4.78, 5) is 22.3. The van der Waals surface area contributed by atoms with E-state index >= 15 is 0 Å². The van der Waals surface area contributed by atoms with Gasteiger partial charge in [0.1, 0.15) is 5.82 Å². The van der Waals surface area contributed by atoms with E-state index in [0.29, 0.717) is 4.47 Å². The average molecular weight is 324 g/mol. The molecule has 0 aliphatic heterocycles. The Kier molecular flexibility index (Phi) is 3.95. The van der Waals surface area contributed by atoms with Crippen LogP contribution >= 0.6 is 31.9 Å². The number of Topliss-reactive ketones (excluding diaryl/α,β-unsaturated/α-hetero) is 2. The van der Waals surface area contributed by atoms with E-state index in [4.69, 9.17) is 0 Å². The number of benzene rings is 1. The van der Waals surface area contributed by atoms with Crippen molar-refractivity contribution >= 4 is 43.4 Å². The van der Waals surface area contributed by atoms with Gasteiger partial charge in [0.15, 0.2) is 0 Å². The molecule has 0 bridgehead atoms. The minimum Gasteiger partial charge on any atom is -0.290 e. The number of hydrogen-bond acceptors (Lipinski definition) is 2. The van der Waals surface area contributed by atoms with E-state index in [9.17, 15) is 14.0 Å². The van der Waals surface area contributed by atoms with Crippen LogP contribution in [0.25, 0.3) is 0 Å². The molecule has 0 spiro atoms. The largest absolute Gasteiger partial charge is 0.290 e. The molecule has 0 atom stereocenters. The fourth-order valence-electron chi connectivity index (χ4n) is 0.882. The van der Waals surface area contributed by atoms with Crippen molar-refractivity contribution < 1.29 is 14.0 Å². The number of halogens is 3. The molecule has 2 nitrogen and oxygen atoms in total. The summed E-state index contributed by atoms with van der Waals surface area (Å²) in [6.45, 7) is 0. The van der Waals surface area contributed by atoms with Gasteiger partial charge in [0.25, 0.3) is 0 Å². The molecular formula is C9H5Br2FO2. The van der Waals surface area contributed by atoms with Gasteiger partial charge < -0.3 is 0 Å². The van der Waals surface area contributed by atoms with Crippen LogP contribution in [0.15, 0.2) is 22.7 Å². The summed E-state index contributed by atoms with van der Waals surface area (Å²) in [5.41, 5.74) is -0.205. The van der Waals surface area contributed by atoms with Gasteiger partial charge >= 0.3 is 0 Å². The molecule has 74 valence electrons. The third-order valence-corrected chi connectivity index (χ3v) is 2.55. The minimum atomic E-state index is -0.819. The van der Waals surface area contributed by atoms with Gasteiger partial charge in [-0.1, -0.05) is 31.9 Å². The summed E-state index contributed by atoms with van der Waals surface area (Å²) < 4.78 is 13.7. The van der Waals surface area contributed by atoms with Crippen molar-refractivity contribution in [1.29, 1.82) is 0 Å². The topological polar surface area (TPSA) is 34.1 Å². The molecule has 1 aromatic rings. The summed E-state index contributed by atoms with van der Waals surface area (Å²) in [6.07, 6.45) is 0. The minimum absolute atomic E-state index is 0.0994. The predicted octanol–water partition coefficient (Wildman–Crippen LogP) is 2.73. The van der Waals surface area contributed by atoms with Crippen molar-refractivity contribution in [1.82, 2.24) is 0 Å². The normalized spacial score (nSPS) is 9.93. The van der Waals surface area contributed by atoms with Crippen LogP contribution in [0.2, 0.25) is 0 Å². The maximum absolute atomic E-state index is 13.1. The van der Waals surface area contributed by atoms with Crippen LogP contribution in [0.1, 0.15) is 10.4 Å². The molecule has 0 heterocycles. The lowest BCUT2D eigenvalue weighted by atomic mass is 10.1. The van der Waals surface area contributed by atoms with E-state index in [1.807, 2.05) is 0 Å². The Morgan fingerprint density at radius 3 is 2.57 bits per heavy atom. The molecule has 0 fully saturated rings. The van der Waals surface area contributed by atoms with Crippen molar-refractivity contribution in [3.05, 3.63) is 34.1 Å². The van der Waals surface area contributed by atoms with Gasteiger partial charge in [-0.05, 0) is 18.2 Å². The van der Waals surface area contributed by atoms with Crippen LogP contribution in [0.5, 0.6) is 0 Å². The zero-order valence-electron chi connectivity index (χ0n) is 6.89. The highest BCUT2D eigenvalue weighted by Crippen LogP contribution is 2.16. The zero-order valence-corrected chi connectivity index (χ0v) is 10.1. The standard InChI is InChI=1S/C9H5Br2FO2/c10-4-8(13)9(14)6-3-5(11)1-2-7(6)12/h1-3H,4H2. The lowest BCUT2D eigenvalue weighted by Crippen LogP contribution is -2.16. The van der Waals surface area contributed by atoms with E-state index in [1.54, 1.807) is 0 Å². The van der Waals surface area contributed by atoms with Crippen LogP contribution in [0.3, 0.4) is 0 Å². The molecule has 0 saturated heterocycles. The van der Waals surface area contributed by atoms with Gasteiger partial charge in [0.05, 0.1) is 10.9 Å². The Morgan fingerprint density at radius 1 is 1.36 bits per heavy atom. The third kappa shape index (κ3) is 2.48. The molecule has 0 saturated carbocycles. The van der Waals surface area contributed by atoms with Crippen molar-refractivity contribution in [2.75, 3.05) is 5.33 Å². The summed E-state index contributed by atoms with van der Waals surface area (Å²) >= 11 is 5.94. The van der Waals surface area contributed by atoms with E-state index in [0.717, 1.165) is 6.07 Å². The second-order valence-corrected chi connectivity index (χ2v) is 3.99. The Bertz CT molecular complexity index is 390. The number of ketones is 2. The summed E-state index contributed by atoms with van der Waals surface area (Å²) in [5, 5.41) is -0.0994. The lowest BCUT2D eigenvalue weighted by molar-refractivity contribution is -0.112. The van der Waals surface area contributed by atoms with Gasteiger partial charge in [0.2, 0.25) is 11.6 Å². The molecule has 0 aromatic heterocycles. The Labute approximate surface area is 96.7 Å². The molecule has 0 unspecified atom stereocenters. The van der Waals surface area contributed by atoms with Crippen molar-refractivity contribution in [3.63, 3.8) is 0 Å². The third-order valence-electron chi connectivity index (χ3n) is 1.55. The molecule has 5 heteroatoms. The molecule has 1 aromatic carbocycles. The zero-order chi connectivity index (χ0) is 10.7. The molecule has 0 N–H and O–H groups in total. The van der Waals surface area contributed by atoms with E-state index in [2.05, 4.69) is 31.9 Å². The van der Waals surface area contributed by atoms with Crippen LogP contribution in [-0.2, 0) is 4.79 Å². The molecule has 0 radical (unpaired) electrons. The fraction of sp³-hybridized carbons (Fsp3) is 0.111.